The van der Waals surface area contributed by atoms with E-state index in [1.54, 1.807) is 18.5 Å². The molecule has 4 heteroatoms. The Morgan fingerprint density at radius 1 is 1.00 bits per heavy atom. The lowest BCUT2D eigenvalue weighted by molar-refractivity contribution is -0.125. The molecule has 1 aromatic heterocycles. The summed E-state index contributed by atoms with van der Waals surface area (Å²) in [4.78, 5) is 19.7. The fourth-order valence-electron chi connectivity index (χ4n) is 2.61. The summed E-state index contributed by atoms with van der Waals surface area (Å²) in [7, 11) is 0. The standard InChI is InChI=1S/C16H16N2O2/c19-14-6-8-16(20,9-7-14)13-4-2-12(3-5-13)15-17-10-1-11-18-15/h1-5,10-11,20H,6-9H2. The first-order valence-corrected chi connectivity index (χ1v) is 6.79. The molecule has 0 radical (unpaired) electrons. The van der Waals surface area contributed by atoms with Crippen LogP contribution < -0.4 is 0 Å². The second-order valence-electron chi connectivity index (χ2n) is 5.22. The molecule has 4 nitrogen and oxygen atoms in total. The number of nitrogens with zero attached hydrogens (tertiary/aromatic N) is 2. The molecule has 0 amide bonds. The Balaban J connectivity index is 1.85. The van der Waals surface area contributed by atoms with Crippen LogP contribution in [-0.2, 0) is 10.4 Å². The van der Waals surface area contributed by atoms with E-state index in [4.69, 9.17) is 0 Å². The normalized spacial score (nSPS) is 17.9. The summed E-state index contributed by atoms with van der Waals surface area (Å²) < 4.78 is 0. The molecule has 0 bridgehead atoms. The Morgan fingerprint density at radius 3 is 2.20 bits per heavy atom. The predicted octanol–water partition coefficient (Wildman–Crippen LogP) is 2.47. The van der Waals surface area contributed by atoms with Crippen LogP contribution in [-0.4, -0.2) is 20.9 Å². The van der Waals surface area contributed by atoms with Crippen molar-refractivity contribution in [3.05, 3.63) is 48.3 Å². The quantitative estimate of drug-likeness (QED) is 0.908. The Kier molecular flexibility index (Phi) is 3.32. The average molecular weight is 268 g/mol. The highest BCUT2D eigenvalue weighted by Crippen LogP contribution is 2.36. The SMILES string of the molecule is O=C1CCC(O)(c2ccc(-c3ncccn3)cc2)CC1. The second-order valence-corrected chi connectivity index (χ2v) is 5.22. The van der Waals surface area contributed by atoms with Gasteiger partial charge in [0.2, 0.25) is 0 Å². The molecule has 1 N–H and O–H groups in total. The van der Waals surface area contributed by atoms with Gasteiger partial charge >= 0.3 is 0 Å². The van der Waals surface area contributed by atoms with Crippen LogP contribution in [0.1, 0.15) is 31.2 Å². The van der Waals surface area contributed by atoms with Crippen molar-refractivity contribution in [1.82, 2.24) is 9.97 Å². The first-order valence-electron chi connectivity index (χ1n) is 6.79. The summed E-state index contributed by atoms with van der Waals surface area (Å²) in [5.41, 5.74) is 0.916. The van der Waals surface area contributed by atoms with Gasteiger partial charge in [0.1, 0.15) is 5.78 Å². The Hall–Kier alpha value is -2.07. The van der Waals surface area contributed by atoms with Crippen LogP contribution >= 0.6 is 0 Å². The molecule has 1 saturated carbocycles. The molecule has 1 fully saturated rings. The minimum Gasteiger partial charge on any atom is -0.385 e. The van der Waals surface area contributed by atoms with Gasteiger partial charge in [0.25, 0.3) is 0 Å². The van der Waals surface area contributed by atoms with Crippen LogP contribution in [0, 0.1) is 0 Å². The van der Waals surface area contributed by atoms with Gasteiger partial charge in [0.15, 0.2) is 5.82 Å². The minimum absolute atomic E-state index is 0.240. The summed E-state index contributed by atoms with van der Waals surface area (Å²) in [5.74, 6) is 0.911. The number of carbonyl (C=O) groups is 1. The van der Waals surface area contributed by atoms with Gasteiger partial charge in [-0.3, -0.25) is 4.79 Å². The summed E-state index contributed by atoms with van der Waals surface area (Å²) in [5, 5.41) is 10.6. The number of benzene rings is 1. The third kappa shape index (κ3) is 2.47. The van der Waals surface area contributed by atoms with Gasteiger partial charge in [0.05, 0.1) is 5.60 Å². The molecule has 0 spiro atoms. The number of hydrogen-bond donors (Lipinski definition) is 1. The van der Waals surface area contributed by atoms with E-state index >= 15 is 0 Å². The number of ketones is 1. The fourth-order valence-corrected chi connectivity index (χ4v) is 2.61. The number of aromatic nitrogens is 2. The lowest BCUT2D eigenvalue weighted by Crippen LogP contribution is -2.31. The summed E-state index contributed by atoms with van der Waals surface area (Å²) in [6.45, 7) is 0. The second kappa shape index (κ2) is 5.13. The minimum atomic E-state index is -0.871. The zero-order valence-electron chi connectivity index (χ0n) is 11.1. The molecule has 1 aliphatic rings. The maximum absolute atomic E-state index is 11.3. The van der Waals surface area contributed by atoms with E-state index in [9.17, 15) is 9.90 Å². The molecule has 102 valence electrons. The van der Waals surface area contributed by atoms with E-state index < -0.39 is 5.60 Å². The van der Waals surface area contributed by atoms with Gasteiger partial charge in [0, 0.05) is 30.8 Å². The Bertz CT molecular complexity index is 598. The van der Waals surface area contributed by atoms with Crippen LogP contribution in [0.4, 0.5) is 0 Å². The molecule has 1 heterocycles. The van der Waals surface area contributed by atoms with E-state index in [2.05, 4.69) is 9.97 Å². The van der Waals surface area contributed by atoms with Crippen molar-refractivity contribution in [2.75, 3.05) is 0 Å². The van der Waals surface area contributed by atoms with E-state index in [1.807, 2.05) is 24.3 Å². The van der Waals surface area contributed by atoms with Crippen molar-refractivity contribution in [2.24, 2.45) is 0 Å². The first kappa shape index (κ1) is 12.9. The highest BCUT2D eigenvalue weighted by atomic mass is 16.3. The zero-order valence-corrected chi connectivity index (χ0v) is 11.1. The third-order valence-corrected chi connectivity index (χ3v) is 3.88. The predicted molar refractivity (Wildman–Crippen MR) is 74.8 cm³/mol. The van der Waals surface area contributed by atoms with Crippen LogP contribution in [0.2, 0.25) is 0 Å². The number of carbonyl (C=O) groups excluding carboxylic acids is 1. The van der Waals surface area contributed by atoms with E-state index in [0.29, 0.717) is 31.5 Å². The van der Waals surface area contributed by atoms with Crippen LogP contribution in [0.5, 0.6) is 0 Å². The third-order valence-electron chi connectivity index (χ3n) is 3.88. The largest absolute Gasteiger partial charge is 0.385 e. The average Bonchev–Trinajstić information content (AvgIpc) is 2.52. The fraction of sp³-hybridized carbons (Fsp3) is 0.312. The van der Waals surface area contributed by atoms with Crippen molar-refractivity contribution in [3.8, 4) is 11.4 Å². The Labute approximate surface area is 117 Å². The van der Waals surface area contributed by atoms with Gasteiger partial charge in [-0.15, -0.1) is 0 Å². The van der Waals surface area contributed by atoms with Crippen molar-refractivity contribution >= 4 is 5.78 Å². The van der Waals surface area contributed by atoms with E-state index in [1.165, 1.54) is 0 Å². The van der Waals surface area contributed by atoms with Crippen molar-refractivity contribution in [2.45, 2.75) is 31.3 Å². The molecule has 1 aliphatic carbocycles. The molecule has 2 aromatic rings. The first-order chi connectivity index (χ1) is 9.67. The molecular formula is C16H16N2O2. The number of aliphatic hydroxyl groups is 1. The number of hydrogen-bond acceptors (Lipinski definition) is 4. The van der Waals surface area contributed by atoms with Crippen LogP contribution in [0.3, 0.4) is 0 Å². The van der Waals surface area contributed by atoms with Gasteiger partial charge in [-0.25, -0.2) is 9.97 Å². The highest BCUT2D eigenvalue weighted by molar-refractivity contribution is 5.79. The maximum atomic E-state index is 11.3. The van der Waals surface area contributed by atoms with Crippen molar-refractivity contribution in [1.29, 1.82) is 0 Å². The summed E-state index contributed by atoms with van der Waals surface area (Å²) in [6, 6.07) is 9.42. The molecule has 3 rings (SSSR count). The zero-order chi connectivity index (χ0) is 14.0. The molecule has 0 aliphatic heterocycles. The molecule has 20 heavy (non-hydrogen) atoms. The lowest BCUT2D eigenvalue weighted by Gasteiger charge is -2.32. The molecule has 0 unspecified atom stereocenters. The lowest BCUT2D eigenvalue weighted by atomic mass is 9.79. The summed E-state index contributed by atoms with van der Waals surface area (Å²) >= 11 is 0. The van der Waals surface area contributed by atoms with Crippen LogP contribution in [0.25, 0.3) is 11.4 Å². The number of Topliss-reactive ketones (excluding diaryl/α,β-unsaturated/α-hetero) is 1. The van der Waals surface area contributed by atoms with Gasteiger partial charge in [-0.05, 0) is 24.5 Å². The monoisotopic (exact) mass is 268 g/mol. The molecular weight excluding hydrogens is 252 g/mol. The van der Waals surface area contributed by atoms with E-state index in [0.717, 1.165) is 11.1 Å². The summed E-state index contributed by atoms with van der Waals surface area (Å²) in [6.07, 6.45) is 5.34. The van der Waals surface area contributed by atoms with Crippen molar-refractivity contribution < 1.29 is 9.90 Å². The highest BCUT2D eigenvalue weighted by Gasteiger charge is 2.33. The van der Waals surface area contributed by atoms with Gasteiger partial charge < -0.3 is 5.11 Å². The molecule has 0 atom stereocenters. The van der Waals surface area contributed by atoms with Crippen LogP contribution in [0.15, 0.2) is 42.7 Å². The topological polar surface area (TPSA) is 63.1 Å². The molecule has 0 saturated heterocycles. The molecule has 1 aromatic carbocycles. The van der Waals surface area contributed by atoms with Gasteiger partial charge in [-0.1, -0.05) is 24.3 Å². The number of rotatable bonds is 2. The Morgan fingerprint density at radius 2 is 1.60 bits per heavy atom. The van der Waals surface area contributed by atoms with E-state index in [-0.39, 0.29) is 5.78 Å². The smallest absolute Gasteiger partial charge is 0.159 e. The maximum Gasteiger partial charge on any atom is 0.159 e. The van der Waals surface area contributed by atoms with Crippen molar-refractivity contribution in [3.63, 3.8) is 0 Å². The van der Waals surface area contributed by atoms with Gasteiger partial charge in [-0.2, -0.15) is 0 Å².